The molecule has 6 nitrogen and oxygen atoms in total. The summed E-state index contributed by atoms with van der Waals surface area (Å²) in [5.41, 5.74) is 3.53. The zero-order valence-electron chi connectivity index (χ0n) is 17.5. The molecule has 0 fully saturated rings. The monoisotopic (exact) mass is 445 g/mol. The maximum Gasteiger partial charge on any atom is 0.282 e. The van der Waals surface area contributed by atoms with E-state index in [1.807, 2.05) is 19.1 Å². The summed E-state index contributed by atoms with van der Waals surface area (Å²) < 4.78 is 0. The van der Waals surface area contributed by atoms with Crippen LogP contribution < -0.4 is 15.5 Å². The number of nitrogens with one attached hydrogen (secondary N) is 2. The molecule has 1 heterocycles. The highest BCUT2D eigenvalue weighted by Gasteiger charge is 2.40. The van der Waals surface area contributed by atoms with Gasteiger partial charge in [-0.3, -0.25) is 14.4 Å². The minimum atomic E-state index is -0.459. The average Bonchev–Trinajstić information content (AvgIpc) is 3.01. The summed E-state index contributed by atoms with van der Waals surface area (Å²) >= 11 is 6.25. The van der Waals surface area contributed by atoms with Crippen molar-refractivity contribution in [2.75, 3.05) is 15.5 Å². The molecule has 0 unspecified atom stereocenters. The third-order valence-electron chi connectivity index (χ3n) is 5.03. The van der Waals surface area contributed by atoms with Crippen molar-refractivity contribution >= 4 is 52.0 Å². The molecule has 3 aromatic carbocycles. The third-order valence-corrected chi connectivity index (χ3v) is 5.44. The first kappa shape index (κ1) is 21.3. The van der Waals surface area contributed by atoms with E-state index in [1.54, 1.807) is 60.7 Å². The Balaban J connectivity index is 1.79. The predicted molar refractivity (Wildman–Crippen MR) is 126 cm³/mol. The summed E-state index contributed by atoms with van der Waals surface area (Å²) in [6, 6.07) is 20.9. The Kier molecular flexibility index (Phi) is 5.79. The first-order valence-electron chi connectivity index (χ1n) is 9.94. The number of nitrogens with zero attached hydrogens (tertiary/aromatic N) is 1. The van der Waals surface area contributed by atoms with E-state index in [9.17, 15) is 14.4 Å². The van der Waals surface area contributed by atoms with Crippen molar-refractivity contribution in [3.05, 3.63) is 94.6 Å². The molecule has 0 saturated heterocycles. The van der Waals surface area contributed by atoms with Crippen molar-refractivity contribution in [2.24, 2.45) is 0 Å². The van der Waals surface area contributed by atoms with Gasteiger partial charge in [0, 0.05) is 23.3 Å². The second kappa shape index (κ2) is 8.69. The van der Waals surface area contributed by atoms with E-state index < -0.39 is 11.8 Å². The van der Waals surface area contributed by atoms with E-state index in [1.165, 1.54) is 6.92 Å². The van der Waals surface area contributed by atoms with Gasteiger partial charge in [-0.05, 0) is 54.4 Å². The van der Waals surface area contributed by atoms with Gasteiger partial charge >= 0.3 is 0 Å². The van der Waals surface area contributed by atoms with Crippen molar-refractivity contribution in [3.63, 3.8) is 0 Å². The largest absolute Gasteiger partial charge is 0.350 e. The van der Waals surface area contributed by atoms with Crippen LogP contribution in [0.2, 0.25) is 5.02 Å². The molecule has 0 aliphatic carbocycles. The molecule has 0 aromatic heterocycles. The Morgan fingerprint density at radius 1 is 0.875 bits per heavy atom. The first-order valence-corrected chi connectivity index (χ1v) is 10.3. The number of anilines is 3. The number of halogens is 1. The molecule has 0 saturated carbocycles. The van der Waals surface area contributed by atoms with Gasteiger partial charge in [-0.1, -0.05) is 48.0 Å². The number of amides is 3. The van der Waals surface area contributed by atoms with E-state index in [0.29, 0.717) is 27.6 Å². The fourth-order valence-electron chi connectivity index (χ4n) is 3.46. The number of hydrogen-bond acceptors (Lipinski definition) is 4. The van der Waals surface area contributed by atoms with Crippen molar-refractivity contribution in [1.82, 2.24) is 0 Å². The van der Waals surface area contributed by atoms with Gasteiger partial charge in [0.05, 0.1) is 11.3 Å². The van der Waals surface area contributed by atoms with Crippen LogP contribution in [-0.4, -0.2) is 17.7 Å². The van der Waals surface area contributed by atoms with Crippen molar-refractivity contribution in [2.45, 2.75) is 13.8 Å². The standard InChI is InChI=1S/C25H20ClN3O3/c1-15-8-11-19(14-21(15)26)28-23-22(17-9-12-18(13-10-17)27-16(2)30)24(31)29(25(23)32)20-6-4-3-5-7-20/h3-14,28H,1-2H3,(H,27,30). The highest BCUT2D eigenvalue weighted by Crippen LogP contribution is 2.34. The van der Waals surface area contributed by atoms with E-state index in [2.05, 4.69) is 10.6 Å². The topological polar surface area (TPSA) is 78.5 Å². The lowest BCUT2D eigenvalue weighted by Crippen LogP contribution is -2.32. The van der Waals surface area contributed by atoms with Crippen LogP contribution in [0.5, 0.6) is 0 Å². The highest BCUT2D eigenvalue weighted by molar-refractivity contribution is 6.46. The van der Waals surface area contributed by atoms with Gasteiger partial charge in [0.25, 0.3) is 11.8 Å². The molecule has 0 radical (unpaired) electrons. The maximum absolute atomic E-state index is 13.4. The van der Waals surface area contributed by atoms with Crippen LogP contribution in [0.3, 0.4) is 0 Å². The van der Waals surface area contributed by atoms with Gasteiger partial charge in [0.2, 0.25) is 5.91 Å². The first-order chi connectivity index (χ1) is 15.3. The van der Waals surface area contributed by atoms with Crippen LogP contribution in [0, 0.1) is 6.92 Å². The van der Waals surface area contributed by atoms with Crippen LogP contribution >= 0.6 is 11.6 Å². The van der Waals surface area contributed by atoms with E-state index in [-0.39, 0.29) is 17.2 Å². The lowest BCUT2D eigenvalue weighted by molar-refractivity contribution is -0.120. The Bertz CT molecular complexity index is 1250. The van der Waals surface area contributed by atoms with Gasteiger partial charge in [0.15, 0.2) is 0 Å². The van der Waals surface area contributed by atoms with Crippen LogP contribution in [0.15, 0.2) is 78.5 Å². The van der Waals surface area contributed by atoms with Crippen LogP contribution in [0.25, 0.3) is 5.57 Å². The molecule has 3 amide bonds. The van der Waals surface area contributed by atoms with Gasteiger partial charge in [-0.25, -0.2) is 4.90 Å². The molecule has 160 valence electrons. The smallest absolute Gasteiger partial charge is 0.282 e. The minimum Gasteiger partial charge on any atom is -0.350 e. The van der Waals surface area contributed by atoms with Crippen molar-refractivity contribution in [3.8, 4) is 0 Å². The molecule has 0 bridgehead atoms. The summed E-state index contributed by atoms with van der Waals surface area (Å²) in [5, 5.41) is 6.34. The van der Waals surface area contributed by atoms with Gasteiger partial charge in [-0.2, -0.15) is 0 Å². The molecule has 1 aliphatic rings. The normalized spacial score (nSPS) is 13.5. The molecule has 0 atom stereocenters. The minimum absolute atomic E-state index is 0.158. The number of imide groups is 1. The molecule has 1 aliphatic heterocycles. The number of hydrogen-bond donors (Lipinski definition) is 2. The number of aryl methyl sites for hydroxylation is 1. The predicted octanol–water partition coefficient (Wildman–Crippen LogP) is 5.00. The van der Waals surface area contributed by atoms with E-state index >= 15 is 0 Å². The Morgan fingerprint density at radius 2 is 1.53 bits per heavy atom. The average molecular weight is 446 g/mol. The van der Waals surface area contributed by atoms with Crippen LogP contribution in [0.1, 0.15) is 18.1 Å². The number of para-hydroxylation sites is 1. The summed E-state index contributed by atoms with van der Waals surface area (Å²) in [7, 11) is 0. The maximum atomic E-state index is 13.4. The molecule has 7 heteroatoms. The van der Waals surface area contributed by atoms with E-state index in [4.69, 9.17) is 11.6 Å². The summed E-state index contributed by atoms with van der Waals surface area (Å²) in [5.74, 6) is -1.09. The summed E-state index contributed by atoms with van der Waals surface area (Å²) in [6.07, 6.45) is 0. The number of rotatable bonds is 5. The fourth-order valence-corrected chi connectivity index (χ4v) is 3.64. The zero-order valence-corrected chi connectivity index (χ0v) is 18.2. The summed E-state index contributed by atoms with van der Waals surface area (Å²) in [4.78, 5) is 39.2. The zero-order chi connectivity index (χ0) is 22.8. The Morgan fingerprint density at radius 3 is 2.16 bits per heavy atom. The molecule has 4 rings (SSSR count). The quantitative estimate of drug-likeness (QED) is 0.541. The molecular formula is C25H20ClN3O3. The fraction of sp³-hybridized carbons (Fsp3) is 0.0800. The Hall–Kier alpha value is -3.90. The SMILES string of the molecule is CC(=O)Nc1ccc(C2=C(Nc3ccc(C)c(Cl)c3)C(=O)N(c3ccccc3)C2=O)cc1. The lowest BCUT2D eigenvalue weighted by atomic mass is 10.0. The third kappa shape index (κ3) is 4.13. The van der Waals surface area contributed by atoms with E-state index in [0.717, 1.165) is 10.5 Å². The van der Waals surface area contributed by atoms with Gasteiger partial charge < -0.3 is 10.6 Å². The number of carbonyl (C=O) groups is 3. The molecule has 32 heavy (non-hydrogen) atoms. The van der Waals surface area contributed by atoms with Gasteiger partial charge in [-0.15, -0.1) is 0 Å². The Labute approximate surface area is 190 Å². The summed E-state index contributed by atoms with van der Waals surface area (Å²) in [6.45, 7) is 3.30. The molecule has 0 spiro atoms. The molecular weight excluding hydrogens is 426 g/mol. The number of carbonyl (C=O) groups excluding carboxylic acids is 3. The lowest BCUT2D eigenvalue weighted by Gasteiger charge is -2.15. The van der Waals surface area contributed by atoms with Crippen LogP contribution in [-0.2, 0) is 14.4 Å². The highest BCUT2D eigenvalue weighted by atomic mass is 35.5. The molecule has 2 N–H and O–H groups in total. The second-order valence-corrected chi connectivity index (χ2v) is 7.79. The number of benzene rings is 3. The van der Waals surface area contributed by atoms with Crippen LogP contribution in [0.4, 0.5) is 17.1 Å². The second-order valence-electron chi connectivity index (χ2n) is 7.38. The van der Waals surface area contributed by atoms with Gasteiger partial charge in [0.1, 0.15) is 5.70 Å². The van der Waals surface area contributed by atoms with Crippen molar-refractivity contribution < 1.29 is 14.4 Å². The molecule has 3 aromatic rings. The van der Waals surface area contributed by atoms with Crippen molar-refractivity contribution in [1.29, 1.82) is 0 Å².